The third-order valence-electron chi connectivity index (χ3n) is 4.49. The van der Waals surface area contributed by atoms with Crippen LogP contribution in [-0.2, 0) is 10.0 Å². The normalized spacial score (nSPS) is 15.9. The first kappa shape index (κ1) is 20.6. The van der Waals surface area contributed by atoms with E-state index in [0.29, 0.717) is 18.8 Å². The van der Waals surface area contributed by atoms with Crippen LogP contribution in [-0.4, -0.2) is 31.7 Å². The lowest BCUT2D eigenvalue weighted by Gasteiger charge is -2.20. The summed E-state index contributed by atoms with van der Waals surface area (Å²) in [5.74, 6) is -0.436. The number of halogens is 2. The Morgan fingerprint density at radius 2 is 1.63 bits per heavy atom. The van der Waals surface area contributed by atoms with Crippen LogP contribution in [0.3, 0.4) is 0 Å². The standard InChI is InChI=1S/C19H20ClIN2O3S/c20-18-10-9-16(27(25,26)23-11-3-1-2-4-12-23)13-17(18)19(24)22-15-7-5-14(21)6-8-15/h5-10,13H,1-4,11-12H2,(H,22,24). The van der Waals surface area contributed by atoms with E-state index in [9.17, 15) is 13.2 Å². The first-order valence-electron chi connectivity index (χ1n) is 8.74. The van der Waals surface area contributed by atoms with Gasteiger partial charge in [-0.05, 0) is 77.9 Å². The first-order valence-corrected chi connectivity index (χ1v) is 11.6. The summed E-state index contributed by atoms with van der Waals surface area (Å²) in [4.78, 5) is 12.7. The monoisotopic (exact) mass is 518 g/mol. The molecule has 27 heavy (non-hydrogen) atoms. The van der Waals surface area contributed by atoms with Crippen molar-refractivity contribution >= 4 is 55.8 Å². The van der Waals surface area contributed by atoms with Gasteiger partial charge >= 0.3 is 0 Å². The number of hydrogen-bond donors (Lipinski definition) is 1. The number of amides is 1. The van der Waals surface area contributed by atoms with Gasteiger partial charge in [0.05, 0.1) is 15.5 Å². The van der Waals surface area contributed by atoms with Gasteiger partial charge in [-0.15, -0.1) is 0 Å². The second kappa shape index (κ2) is 8.89. The summed E-state index contributed by atoms with van der Waals surface area (Å²) in [5.41, 5.74) is 0.767. The van der Waals surface area contributed by atoms with E-state index >= 15 is 0 Å². The quantitative estimate of drug-likeness (QED) is 0.594. The van der Waals surface area contributed by atoms with Crippen LogP contribution in [0.5, 0.6) is 0 Å². The highest BCUT2D eigenvalue weighted by Crippen LogP contribution is 2.25. The smallest absolute Gasteiger partial charge is 0.257 e. The van der Waals surface area contributed by atoms with E-state index in [-0.39, 0.29) is 15.5 Å². The molecule has 1 fully saturated rings. The van der Waals surface area contributed by atoms with Gasteiger partial charge < -0.3 is 5.32 Å². The van der Waals surface area contributed by atoms with Crippen molar-refractivity contribution in [2.24, 2.45) is 0 Å². The van der Waals surface area contributed by atoms with Crippen LogP contribution in [0.1, 0.15) is 36.0 Å². The molecule has 2 aromatic rings. The molecule has 0 saturated carbocycles. The van der Waals surface area contributed by atoms with Gasteiger partial charge in [-0.25, -0.2) is 8.42 Å². The molecule has 0 aliphatic carbocycles. The Hall–Kier alpha value is -1.16. The minimum atomic E-state index is -3.64. The molecular formula is C19H20ClIN2O3S. The molecular weight excluding hydrogens is 499 g/mol. The zero-order chi connectivity index (χ0) is 19.4. The Morgan fingerprint density at radius 1 is 1.00 bits per heavy atom. The molecule has 1 N–H and O–H groups in total. The van der Waals surface area contributed by atoms with Crippen LogP contribution in [0.15, 0.2) is 47.4 Å². The molecule has 5 nitrogen and oxygen atoms in total. The molecule has 2 aromatic carbocycles. The maximum Gasteiger partial charge on any atom is 0.257 e. The van der Waals surface area contributed by atoms with Gasteiger partial charge in [-0.2, -0.15) is 4.31 Å². The zero-order valence-corrected chi connectivity index (χ0v) is 18.4. The lowest BCUT2D eigenvalue weighted by molar-refractivity contribution is 0.102. The highest BCUT2D eigenvalue weighted by atomic mass is 127. The van der Waals surface area contributed by atoms with Crippen molar-refractivity contribution < 1.29 is 13.2 Å². The molecule has 0 radical (unpaired) electrons. The Labute approximate surface area is 178 Å². The first-order chi connectivity index (χ1) is 12.9. The number of sulfonamides is 1. The maximum atomic E-state index is 13.0. The lowest BCUT2D eigenvalue weighted by Crippen LogP contribution is -2.32. The van der Waals surface area contributed by atoms with Crippen LogP contribution in [0, 0.1) is 3.57 Å². The number of benzene rings is 2. The van der Waals surface area contributed by atoms with Crippen molar-refractivity contribution in [1.82, 2.24) is 4.31 Å². The highest BCUT2D eigenvalue weighted by molar-refractivity contribution is 14.1. The molecule has 1 aliphatic rings. The molecule has 1 heterocycles. The molecule has 0 spiro atoms. The summed E-state index contributed by atoms with van der Waals surface area (Å²) >= 11 is 8.35. The van der Waals surface area contributed by atoms with Gasteiger partial charge in [0.1, 0.15) is 0 Å². The zero-order valence-electron chi connectivity index (χ0n) is 14.6. The summed E-state index contributed by atoms with van der Waals surface area (Å²) in [7, 11) is -3.64. The van der Waals surface area contributed by atoms with Crippen molar-refractivity contribution in [3.63, 3.8) is 0 Å². The molecule has 0 bridgehead atoms. The average molecular weight is 519 g/mol. The minimum Gasteiger partial charge on any atom is -0.322 e. The third-order valence-corrected chi connectivity index (χ3v) is 7.43. The average Bonchev–Trinajstić information content (AvgIpc) is 2.94. The summed E-state index contributed by atoms with van der Waals surface area (Å²) in [5, 5.41) is 2.97. The van der Waals surface area contributed by atoms with E-state index < -0.39 is 15.9 Å². The van der Waals surface area contributed by atoms with E-state index in [4.69, 9.17) is 11.6 Å². The van der Waals surface area contributed by atoms with Gasteiger partial charge in [-0.1, -0.05) is 24.4 Å². The molecule has 0 unspecified atom stereocenters. The molecule has 144 valence electrons. The van der Waals surface area contributed by atoms with Crippen molar-refractivity contribution in [2.75, 3.05) is 18.4 Å². The Bertz CT molecular complexity index is 924. The van der Waals surface area contributed by atoms with Gasteiger partial charge in [0.15, 0.2) is 0 Å². The summed E-state index contributed by atoms with van der Waals surface area (Å²) < 4.78 is 28.5. The fourth-order valence-corrected chi connectivity index (χ4v) is 5.11. The van der Waals surface area contributed by atoms with Crippen LogP contribution in [0.4, 0.5) is 5.69 Å². The Kier molecular flexibility index (Phi) is 6.78. The molecule has 1 amide bonds. The predicted octanol–water partition coefficient (Wildman–Crippen LogP) is 4.76. The van der Waals surface area contributed by atoms with Gasteiger partial charge in [0.2, 0.25) is 10.0 Å². The minimum absolute atomic E-state index is 0.0987. The summed E-state index contributed by atoms with van der Waals surface area (Å²) in [6, 6.07) is 11.6. The summed E-state index contributed by atoms with van der Waals surface area (Å²) in [6.45, 7) is 1.02. The van der Waals surface area contributed by atoms with Gasteiger partial charge in [0, 0.05) is 22.3 Å². The number of anilines is 1. The molecule has 1 aliphatic heterocycles. The SMILES string of the molecule is O=C(Nc1ccc(I)cc1)c1cc(S(=O)(=O)N2CCCCCC2)ccc1Cl. The van der Waals surface area contributed by atoms with Gasteiger partial charge in [0.25, 0.3) is 5.91 Å². The number of hydrogen-bond acceptors (Lipinski definition) is 3. The number of carbonyl (C=O) groups is 1. The fraction of sp³-hybridized carbons (Fsp3) is 0.316. The van der Waals surface area contributed by atoms with Crippen LogP contribution in [0.25, 0.3) is 0 Å². The van der Waals surface area contributed by atoms with E-state index in [0.717, 1.165) is 29.3 Å². The number of nitrogens with one attached hydrogen (secondary N) is 1. The van der Waals surface area contributed by atoms with Crippen LogP contribution in [0.2, 0.25) is 5.02 Å². The molecule has 8 heteroatoms. The van der Waals surface area contributed by atoms with Crippen molar-refractivity contribution in [3.05, 3.63) is 56.6 Å². The van der Waals surface area contributed by atoms with E-state index in [1.54, 1.807) is 12.1 Å². The van der Waals surface area contributed by atoms with Crippen LogP contribution >= 0.6 is 34.2 Å². The van der Waals surface area contributed by atoms with Crippen molar-refractivity contribution in [1.29, 1.82) is 0 Å². The molecule has 1 saturated heterocycles. The second-order valence-corrected chi connectivity index (χ2v) is 10.0. The number of nitrogens with zero attached hydrogens (tertiary/aromatic N) is 1. The number of carbonyl (C=O) groups excluding carboxylic acids is 1. The van der Waals surface area contributed by atoms with Crippen LogP contribution < -0.4 is 5.32 Å². The predicted molar refractivity (Wildman–Crippen MR) is 116 cm³/mol. The topological polar surface area (TPSA) is 66.5 Å². The van der Waals surface area contributed by atoms with Gasteiger partial charge in [-0.3, -0.25) is 4.79 Å². The summed E-state index contributed by atoms with van der Waals surface area (Å²) in [6.07, 6.45) is 3.78. The lowest BCUT2D eigenvalue weighted by atomic mass is 10.2. The maximum absolute atomic E-state index is 13.0. The van der Waals surface area contributed by atoms with Crippen molar-refractivity contribution in [3.8, 4) is 0 Å². The Morgan fingerprint density at radius 3 is 2.26 bits per heavy atom. The van der Waals surface area contributed by atoms with E-state index in [1.807, 2.05) is 12.1 Å². The Balaban J connectivity index is 1.86. The number of rotatable bonds is 4. The second-order valence-electron chi connectivity index (χ2n) is 6.42. The largest absolute Gasteiger partial charge is 0.322 e. The van der Waals surface area contributed by atoms with E-state index in [2.05, 4.69) is 27.9 Å². The molecule has 3 rings (SSSR count). The molecule has 0 aromatic heterocycles. The van der Waals surface area contributed by atoms with Crippen molar-refractivity contribution in [2.45, 2.75) is 30.6 Å². The fourth-order valence-electron chi connectivity index (χ4n) is 3.00. The molecule has 0 atom stereocenters. The van der Waals surface area contributed by atoms with E-state index in [1.165, 1.54) is 22.5 Å². The third kappa shape index (κ3) is 5.01. The highest BCUT2D eigenvalue weighted by Gasteiger charge is 2.26.